The minimum atomic E-state index is -1.19. The third kappa shape index (κ3) is 2.48. The number of thiophene rings is 1. The minimum Gasteiger partial charge on any atom is -0.319 e. The van der Waals surface area contributed by atoms with Crippen LogP contribution in [0.25, 0.3) is 0 Å². The molecule has 1 N–H and O–H groups in total. The summed E-state index contributed by atoms with van der Waals surface area (Å²) < 4.78 is 13.6. The fourth-order valence-corrected chi connectivity index (χ4v) is 3.49. The zero-order chi connectivity index (χ0) is 15.9. The van der Waals surface area contributed by atoms with E-state index in [4.69, 9.17) is 11.6 Å². The van der Waals surface area contributed by atoms with Gasteiger partial charge in [-0.25, -0.2) is 9.18 Å². The molecule has 0 aliphatic carbocycles. The number of benzene rings is 1. The van der Waals surface area contributed by atoms with Gasteiger partial charge in [0.25, 0.3) is 5.91 Å². The number of imide groups is 1. The summed E-state index contributed by atoms with van der Waals surface area (Å²) in [4.78, 5) is 26.8. The molecule has 1 aliphatic heterocycles. The van der Waals surface area contributed by atoms with Crippen LogP contribution in [0.1, 0.15) is 17.4 Å². The van der Waals surface area contributed by atoms with E-state index in [1.165, 1.54) is 35.6 Å². The molecule has 2 heterocycles. The topological polar surface area (TPSA) is 49.4 Å². The summed E-state index contributed by atoms with van der Waals surface area (Å²) in [5.74, 6) is -0.761. The van der Waals surface area contributed by atoms with E-state index in [0.717, 1.165) is 9.78 Å². The zero-order valence-electron chi connectivity index (χ0n) is 11.6. The third-order valence-corrected chi connectivity index (χ3v) is 4.86. The molecule has 1 fully saturated rings. The highest BCUT2D eigenvalue weighted by Crippen LogP contribution is 2.31. The summed E-state index contributed by atoms with van der Waals surface area (Å²) in [6.45, 7) is 1.78. The van der Waals surface area contributed by atoms with Crippen molar-refractivity contribution in [2.75, 3.05) is 0 Å². The first-order chi connectivity index (χ1) is 10.4. The smallest absolute Gasteiger partial charge is 0.319 e. The van der Waals surface area contributed by atoms with Gasteiger partial charge in [-0.2, -0.15) is 0 Å². The maximum absolute atomic E-state index is 13.0. The van der Waals surface area contributed by atoms with Gasteiger partial charge < -0.3 is 5.32 Å². The number of nitrogens with one attached hydrogen (secondary N) is 1. The molecule has 0 unspecified atom stereocenters. The van der Waals surface area contributed by atoms with Crippen LogP contribution in [0.5, 0.6) is 0 Å². The highest BCUT2D eigenvalue weighted by Gasteiger charge is 2.48. The maximum atomic E-state index is 13.0. The molecule has 3 rings (SSSR count). The van der Waals surface area contributed by atoms with E-state index in [1.54, 1.807) is 19.1 Å². The molecule has 2 aromatic rings. The lowest BCUT2D eigenvalue weighted by atomic mass is 9.92. The number of carbonyl (C=O) groups excluding carboxylic acids is 2. The largest absolute Gasteiger partial charge is 0.325 e. The van der Waals surface area contributed by atoms with Gasteiger partial charge in [0.15, 0.2) is 0 Å². The van der Waals surface area contributed by atoms with Gasteiger partial charge in [0, 0.05) is 4.88 Å². The number of hydrogen-bond donors (Lipinski definition) is 1. The number of carbonyl (C=O) groups is 2. The average Bonchev–Trinajstić information content (AvgIpc) is 2.97. The standard InChI is InChI=1S/C15H12ClFN2O2S/c1-15(9-2-4-10(17)5-3-9)13(20)19(14(21)18-15)8-11-6-7-12(16)22-11/h2-7H,8H2,1H3,(H,18,21)/t15-/m0/s1. The van der Waals surface area contributed by atoms with Crippen molar-refractivity contribution in [2.45, 2.75) is 19.0 Å². The van der Waals surface area contributed by atoms with Gasteiger partial charge in [0.1, 0.15) is 11.4 Å². The number of urea groups is 1. The van der Waals surface area contributed by atoms with E-state index in [1.807, 2.05) is 0 Å². The first-order valence-electron chi connectivity index (χ1n) is 6.54. The molecule has 1 aromatic heterocycles. The summed E-state index contributed by atoms with van der Waals surface area (Å²) in [6, 6.07) is 8.56. The molecule has 0 spiro atoms. The quantitative estimate of drug-likeness (QED) is 0.871. The van der Waals surface area contributed by atoms with Crippen molar-refractivity contribution in [2.24, 2.45) is 0 Å². The second kappa shape index (κ2) is 5.37. The molecular formula is C15H12ClFN2O2S. The Balaban J connectivity index is 1.88. The Bertz CT molecular complexity index is 746. The maximum Gasteiger partial charge on any atom is 0.325 e. The lowest BCUT2D eigenvalue weighted by Gasteiger charge is -2.22. The zero-order valence-corrected chi connectivity index (χ0v) is 13.2. The summed E-state index contributed by atoms with van der Waals surface area (Å²) >= 11 is 7.18. The molecule has 1 saturated heterocycles. The number of rotatable bonds is 3. The minimum absolute atomic E-state index is 0.166. The van der Waals surface area contributed by atoms with Crippen LogP contribution >= 0.6 is 22.9 Å². The van der Waals surface area contributed by atoms with Gasteiger partial charge in [0.05, 0.1) is 10.9 Å². The SMILES string of the molecule is C[C@@]1(c2ccc(F)cc2)NC(=O)N(Cc2ccc(Cl)s2)C1=O. The van der Waals surface area contributed by atoms with Crippen molar-refractivity contribution >= 4 is 34.9 Å². The molecule has 0 bridgehead atoms. The van der Waals surface area contributed by atoms with Crippen LogP contribution in [0.2, 0.25) is 4.34 Å². The molecular weight excluding hydrogens is 327 g/mol. The Kier molecular flexibility index (Phi) is 3.66. The normalized spacial score (nSPS) is 21.3. The van der Waals surface area contributed by atoms with E-state index in [-0.39, 0.29) is 12.5 Å². The van der Waals surface area contributed by atoms with E-state index < -0.39 is 17.4 Å². The van der Waals surface area contributed by atoms with Crippen molar-refractivity contribution in [3.05, 3.63) is 57.0 Å². The Morgan fingerprint density at radius 1 is 1.23 bits per heavy atom. The summed E-state index contributed by atoms with van der Waals surface area (Å²) in [6.07, 6.45) is 0. The number of nitrogens with zero attached hydrogens (tertiary/aromatic N) is 1. The summed E-state index contributed by atoms with van der Waals surface area (Å²) in [7, 11) is 0. The molecule has 4 nitrogen and oxygen atoms in total. The van der Waals surface area contributed by atoms with Gasteiger partial charge in [-0.1, -0.05) is 23.7 Å². The van der Waals surface area contributed by atoms with Gasteiger partial charge in [0.2, 0.25) is 0 Å². The molecule has 3 amide bonds. The molecule has 22 heavy (non-hydrogen) atoms. The van der Waals surface area contributed by atoms with Crippen molar-refractivity contribution in [1.29, 1.82) is 0 Å². The molecule has 0 radical (unpaired) electrons. The second-order valence-corrected chi connectivity index (χ2v) is 6.96. The van der Waals surface area contributed by atoms with E-state index in [2.05, 4.69) is 5.32 Å². The Labute approximate surface area is 135 Å². The molecule has 1 aliphatic rings. The number of amides is 3. The van der Waals surface area contributed by atoms with Crippen molar-refractivity contribution in [3.63, 3.8) is 0 Å². The van der Waals surface area contributed by atoms with E-state index >= 15 is 0 Å². The average molecular weight is 339 g/mol. The molecule has 0 saturated carbocycles. The fourth-order valence-electron chi connectivity index (χ4n) is 2.41. The molecule has 7 heteroatoms. The third-order valence-electron chi connectivity index (χ3n) is 3.64. The molecule has 1 atom stereocenters. The lowest BCUT2D eigenvalue weighted by Crippen LogP contribution is -2.40. The van der Waals surface area contributed by atoms with Crippen LogP contribution in [0, 0.1) is 5.82 Å². The van der Waals surface area contributed by atoms with Crippen LogP contribution in [0.15, 0.2) is 36.4 Å². The Morgan fingerprint density at radius 3 is 2.50 bits per heavy atom. The van der Waals surface area contributed by atoms with Gasteiger partial charge in [-0.15, -0.1) is 11.3 Å². The van der Waals surface area contributed by atoms with Crippen LogP contribution in [0.3, 0.4) is 0 Å². The van der Waals surface area contributed by atoms with Crippen LogP contribution in [-0.2, 0) is 16.9 Å². The highest BCUT2D eigenvalue weighted by molar-refractivity contribution is 7.16. The highest BCUT2D eigenvalue weighted by atomic mass is 35.5. The summed E-state index contributed by atoms with van der Waals surface area (Å²) in [5, 5.41) is 2.68. The first kappa shape index (κ1) is 15.0. The monoisotopic (exact) mass is 338 g/mol. The predicted octanol–water partition coefficient (Wildman–Crippen LogP) is 3.51. The Hall–Kier alpha value is -1.92. The number of hydrogen-bond acceptors (Lipinski definition) is 3. The molecule has 114 valence electrons. The second-order valence-electron chi connectivity index (χ2n) is 5.16. The van der Waals surface area contributed by atoms with Crippen molar-refractivity contribution < 1.29 is 14.0 Å². The van der Waals surface area contributed by atoms with Gasteiger partial charge in [-0.05, 0) is 36.8 Å². The van der Waals surface area contributed by atoms with Crippen LogP contribution < -0.4 is 5.32 Å². The van der Waals surface area contributed by atoms with E-state index in [0.29, 0.717) is 9.90 Å². The van der Waals surface area contributed by atoms with Crippen molar-refractivity contribution in [1.82, 2.24) is 10.2 Å². The number of halogens is 2. The van der Waals surface area contributed by atoms with Gasteiger partial charge in [-0.3, -0.25) is 9.69 Å². The first-order valence-corrected chi connectivity index (χ1v) is 7.74. The van der Waals surface area contributed by atoms with Gasteiger partial charge >= 0.3 is 6.03 Å². The Morgan fingerprint density at radius 2 is 1.91 bits per heavy atom. The predicted molar refractivity (Wildman–Crippen MR) is 82.2 cm³/mol. The fraction of sp³-hybridized carbons (Fsp3) is 0.200. The van der Waals surface area contributed by atoms with Crippen LogP contribution in [-0.4, -0.2) is 16.8 Å². The van der Waals surface area contributed by atoms with Crippen molar-refractivity contribution in [3.8, 4) is 0 Å². The summed E-state index contributed by atoms with van der Waals surface area (Å²) in [5.41, 5.74) is -0.648. The van der Waals surface area contributed by atoms with Crippen LogP contribution in [0.4, 0.5) is 9.18 Å². The van der Waals surface area contributed by atoms with E-state index in [9.17, 15) is 14.0 Å². The lowest BCUT2D eigenvalue weighted by molar-refractivity contribution is -0.131. The molecule has 1 aromatic carbocycles.